The molecule has 0 saturated carbocycles. The first-order valence-corrected chi connectivity index (χ1v) is 12.1. The van der Waals surface area contributed by atoms with Gasteiger partial charge in [0.05, 0.1) is 17.2 Å². The highest BCUT2D eigenvalue weighted by atomic mass is 35.5. The lowest BCUT2D eigenvalue weighted by atomic mass is 9.88. The summed E-state index contributed by atoms with van der Waals surface area (Å²) >= 11 is 12.0. The molecule has 2 aliphatic heterocycles. The summed E-state index contributed by atoms with van der Waals surface area (Å²) in [6.45, 7) is 4.98. The number of hydrogen-bond acceptors (Lipinski definition) is 4. The van der Waals surface area contributed by atoms with E-state index in [-0.39, 0.29) is 11.9 Å². The summed E-state index contributed by atoms with van der Waals surface area (Å²) < 4.78 is 5.65. The van der Waals surface area contributed by atoms with E-state index in [1.807, 2.05) is 0 Å². The van der Waals surface area contributed by atoms with Gasteiger partial charge in [0.1, 0.15) is 5.75 Å². The Labute approximate surface area is 200 Å². The van der Waals surface area contributed by atoms with Crippen molar-refractivity contribution in [1.82, 2.24) is 15.5 Å². The van der Waals surface area contributed by atoms with Crippen molar-refractivity contribution in [3.05, 3.63) is 63.1 Å². The van der Waals surface area contributed by atoms with E-state index >= 15 is 0 Å². The number of piperidine rings is 1. The molecule has 2 aromatic rings. The molecule has 0 aliphatic carbocycles. The van der Waals surface area contributed by atoms with Gasteiger partial charge in [-0.15, -0.1) is 0 Å². The van der Waals surface area contributed by atoms with Gasteiger partial charge in [0.25, 0.3) is 5.91 Å². The molecule has 1 unspecified atom stereocenters. The number of benzene rings is 2. The van der Waals surface area contributed by atoms with Gasteiger partial charge in [0, 0.05) is 31.2 Å². The quantitative estimate of drug-likeness (QED) is 0.618. The van der Waals surface area contributed by atoms with Crippen molar-refractivity contribution in [1.29, 1.82) is 0 Å². The van der Waals surface area contributed by atoms with Gasteiger partial charge in [-0.1, -0.05) is 35.3 Å². The average Bonchev–Trinajstić information content (AvgIpc) is 3.27. The zero-order valence-corrected chi connectivity index (χ0v) is 20.0. The average molecular weight is 476 g/mol. The van der Waals surface area contributed by atoms with Gasteiger partial charge in [-0.25, -0.2) is 0 Å². The van der Waals surface area contributed by atoms with Crippen molar-refractivity contribution >= 4 is 29.1 Å². The second-order valence-electron chi connectivity index (χ2n) is 8.74. The highest BCUT2D eigenvalue weighted by Gasteiger charge is 2.25. The van der Waals surface area contributed by atoms with Crippen molar-refractivity contribution in [2.45, 2.75) is 37.6 Å². The lowest BCUT2D eigenvalue weighted by Crippen LogP contribution is -2.37. The van der Waals surface area contributed by atoms with E-state index in [9.17, 15) is 4.79 Å². The van der Waals surface area contributed by atoms with Crippen LogP contribution in [0, 0.1) is 0 Å². The van der Waals surface area contributed by atoms with Gasteiger partial charge in [0.2, 0.25) is 0 Å². The molecular formula is C25H31Cl2N3O2. The van der Waals surface area contributed by atoms with E-state index in [1.54, 1.807) is 25.3 Å². The fraction of sp³-hybridized carbons (Fsp3) is 0.480. The molecule has 0 spiro atoms. The normalized spacial score (nSPS) is 19.8. The summed E-state index contributed by atoms with van der Waals surface area (Å²) in [6.07, 6.45) is 4.27. The smallest absolute Gasteiger partial charge is 0.251 e. The molecule has 2 aromatic carbocycles. The van der Waals surface area contributed by atoms with Crippen LogP contribution >= 0.6 is 23.2 Å². The van der Waals surface area contributed by atoms with Gasteiger partial charge in [-0.05, 0) is 80.1 Å². The molecule has 1 atom stereocenters. The zero-order chi connectivity index (χ0) is 22.5. The molecule has 7 heteroatoms. The Morgan fingerprint density at radius 1 is 1.12 bits per heavy atom. The molecule has 32 heavy (non-hydrogen) atoms. The SMILES string of the molecule is COc1ccc(CCN2CCC(NC(=O)c3ccc(Cl)c(Cl)c3)C2)cc1C1CCNCC1. The molecule has 2 N–H and O–H groups in total. The second-order valence-corrected chi connectivity index (χ2v) is 9.55. The number of halogens is 2. The number of nitrogens with one attached hydrogen (secondary N) is 2. The van der Waals surface area contributed by atoms with E-state index in [4.69, 9.17) is 27.9 Å². The predicted molar refractivity (Wildman–Crippen MR) is 130 cm³/mol. The minimum absolute atomic E-state index is 0.0998. The number of likely N-dealkylation sites (tertiary alicyclic amines) is 1. The Balaban J connectivity index is 1.30. The number of amides is 1. The van der Waals surface area contributed by atoms with Crippen LogP contribution in [0.2, 0.25) is 10.0 Å². The minimum atomic E-state index is -0.0998. The van der Waals surface area contributed by atoms with Crippen molar-refractivity contribution in [2.24, 2.45) is 0 Å². The maximum Gasteiger partial charge on any atom is 0.251 e. The van der Waals surface area contributed by atoms with E-state index < -0.39 is 0 Å². The first-order valence-electron chi connectivity index (χ1n) is 11.4. The number of carbonyl (C=O) groups is 1. The summed E-state index contributed by atoms with van der Waals surface area (Å²) in [6, 6.07) is 11.8. The van der Waals surface area contributed by atoms with Crippen molar-refractivity contribution in [3.8, 4) is 5.75 Å². The first-order chi connectivity index (χ1) is 15.5. The summed E-state index contributed by atoms with van der Waals surface area (Å²) in [7, 11) is 1.76. The molecule has 0 aromatic heterocycles. The van der Waals surface area contributed by atoms with Gasteiger partial charge >= 0.3 is 0 Å². The lowest BCUT2D eigenvalue weighted by molar-refractivity contribution is 0.0938. The van der Waals surface area contributed by atoms with Crippen LogP contribution in [0.1, 0.15) is 46.7 Å². The van der Waals surface area contributed by atoms with E-state index in [0.29, 0.717) is 21.5 Å². The molecule has 5 nitrogen and oxygen atoms in total. The molecule has 0 bridgehead atoms. The third-order valence-electron chi connectivity index (χ3n) is 6.58. The molecule has 0 radical (unpaired) electrons. The van der Waals surface area contributed by atoms with Gasteiger partial charge in [-0.3, -0.25) is 4.79 Å². The fourth-order valence-corrected chi connectivity index (χ4v) is 5.04. The third-order valence-corrected chi connectivity index (χ3v) is 7.32. The molecule has 4 rings (SSSR count). The van der Waals surface area contributed by atoms with E-state index in [2.05, 4.69) is 33.7 Å². The number of nitrogens with zero attached hydrogens (tertiary/aromatic N) is 1. The second kappa shape index (κ2) is 10.9. The number of rotatable bonds is 7. The number of hydrogen-bond donors (Lipinski definition) is 2. The Morgan fingerprint density at radius 2 is 1.94 bits per heavy atom. The zero-order valence-electron chi connectivity index (χ0n) is 18.5. The van der Waals surface area contributed by atoms with E-state index in [0.717, 1.165) is 64.2 Å². The van der Waals surface area contributed by atoms with Crippen molar-refractivity contribution in [2.75, 3.05) is 39.8 Å². The van der Waals surface area contributed by atoms with E-state index in [1.165, 1.54) is 11.1 Å². The van der Waals surface area contributed by atoms with Crippen LogP contribution in [0.25, 0.3) is 0 Å². The fourth-order valence-electron chi connectivity index (χ4n) is 4.74. The van der Waals surface area contributed by atoms with Crippen LogP contribution in [0.4, 0.5) is 0 Å². The van der Waals surface area contributed by atoms with Gasteiger partial charge in [0.15, 0.2) is 0 Å². The Kier molecular flexibility index (Phi) is 7.95. The Hall–Kier alpha value is -1.79. The first kappa shape index (κ1) is 23.4. The molecule has 2 saturated heterocycles. The predicted octanol–water partition coefficient (Wildman–Crippen LogP) is 4.52. The highest BCUT2D eigenvalue weighted by Crippen LogP contribution is 2.33. The van der Waals surface area contributed by atoms with Crippen LogP contribution in [0.15, 0.2) is 36.4 Å². The summed E-state index contributed by atoms with van der Waals surface area (Å²) in [5.74, 6) is 1.47. The Morgan fingerprint density at radius 3 is 2.69 bits per heavy atom. The van der Waals surface area contributed by atoms with Crippen LogP contribution < -0.4 is 15.4 Å². The van der Waals surface area contributed by atoms with Crippen LogP contribution in [-0.4, -0.2) is 56.7 Å². The van der Waals surface area contributed by atoms with Crippen LogP contribution in [0.5, 0.6) is 5.75 Å². The lowest BCUT2D eigenvalue weighted by Gasteiger charge is -2.25. The molecular weight excluding hydrogens is 445 g/mol. The molecule has 1 amide bonds. The standard InChI is InChI=1S/C25H31Cl2N3O2/c1-32-24-5-2-17(14-21(24)18-6-10-28-11-7-18)8-12-30-13-9-20(16-30)29-25(31)19-3-4-22(26)23(27)15-19/h2-5,14-15,18,20,28H,6-13,16H2,1H3,(H,29,31). The minimum Gasteiger partial charge on any atom is -0.496 e. The largest absolute Gasteiger partial charge is 0.496 e. The maximum absolute atomic E-state index is 12.6. The third kappa shape index (κ3) is 5.76. The molecule has 2 aliphatic rings. The number of ether oxygens (including phenoxy) is 1. The van der Waals surface area contributed by atoms with Gasteiger partial charge < -0.3 is 20.3 Å². The van der Waals surface area contributed by atoms with Crippen LogP contribution in [0.3, 0.4) is 0 Å². The molecule has 172 valence electrons. The van der Waals surface area contributed by atoms with Crippen LogP contribution in [-0.2, 0) is 6.42 Å². The van der Waals surface area contributed by atoms with Crippen molar-refractivity contribution in [3.63, 3.8) is 0 Å². The molecule has 2 heterocycles. The summed E-state index contributed by atoms with van der Waals surface area (Å²) in [5.41, 5.74) is 3.24. The van der Waals surface area contributed by atoms with Gasteiger partial charge in [-0.2, -0.15) is 0 Å². The summed E-state index contributed by atoms with van der Waals surface area (Å²) in [5, 5.41) is 7.43. The topological polar surface area (TPSA) is 53.6 Å². The van der Waals surface area contributed by atoms with Crippen molar-refractivity contribution < 1.29 is 9.53 Å². The Bertz CT molecular complexity index is 947. The monoisotopic (exact) mass is 475 g/mol. The highest BCUT2D eigenvalue weighted by molar-refractivity contribution is 6.42. The maximum atomic E-state index is 12.6. The number of carbonyl (C=O) groups excluding carboxylic acids is 1. The molecule has 2 fully saturated rings. The number of methoxy groups -OCH3 is 1. The summed E-state index contributed by atoms with van der Waals surface area (Å²) in [4.78, 5) is 15.0.